The van der Waals surface area contributed by atoms with Crippen LogP contribution in [0.3, 0.4) is 0 Å². The maximum absolute atomic E-state index is 12.9. The van der Waals surface area contributed by atoms with Crippen LogP contribution in [-0.2, 0) is 46.3 Å². The Labute approximate surface area is 424 Å². The van der Waals surface area contributed by atoms with Crippen molar-refractivity contribution in [1.29, 1.82) is 0 Å². The molecule has 0 radical (unpaired) electrons. The van der Waals surface area contributed by atoms with Gasteiger partial charge in [0.1, 0.15) is 30.7 Å². The normalized spacial score (nSPS) is 19.4. The molecule has 1 saturated heterocycles. The molecule has 1 aliphatic rings. The molecule has 0 spiro atoms. The smallest absolute Gasteiger partial charge is 0.462 e. The SMILES string of the molecule is CCCCCC/C=C\C=C/CCCCCCCC(=O)O[C@H](COC(=O)CCCCCCCCCCCCCCCCCC(C)C)COP(=O)(O)OP(=O)(O)OC[C@H]1O[C@@H](n2ccc(N)nc2=O)C(O)[C@H]1O. The zero-order chi connectivity index (χ0) is 52.2. The predicted octanol–water partition coefficient (Wildman–Crippen LogP) is 11.3. The summed E-state index contributed by atoms with van der Waals surface area (Å²) in [7, 11) is -10.8. The number of hydrogen-bond donors (Lipinski definition) is 5. The third-order valence-electron chi connectivity index (χ3n) is 12.2. The number of nitrogens with two attached hydrogens (primary N) is 1. The highest BCUT2D eigenvalue weighted by Crippen LogP contribution is 2.60. The van der Waals surface area contributed by atoms with Gasteiger partial charge in [0.15, 0.2) is 12.3 Å². The number of carbonyl (C=O) groups is 2. The Morgan fingerprint density at radius 2 is 1.21 bits per heavy atom. The molecule has 1 aliphatic heterocycles. The topological polar surface area (TPSA) is 265 Å². The molecule has 2 heterocycles. The molecule has 1 aromatic heterocycles. The third kappa shape index (κ3) is 32.2. The Kier molecular flexibility index (Phi) is 35.1. The van der Waals surface area contributed by atoms with Crippen LogP contribution in [-0.4, -0.2) is 85.7 Å². The summed E-state index contributed by atoms with van der Waals surface area (Å²) in [5.74, 6) is -0.498. The molecule has 7 atom stereocenters. The van der Waals surface area contributed by atoms with Crippen molar-refractivity contribution in [3.63, 3.8) is 0 Å². The molecule has 18 nitrogen and oxygen atoms in total. The van der Waals surface area contributed by atoms with E-state index in [2.05, 4.69) is 54.4 Å². The Morgan fingerprint density at radius 1 is 0.718 bits per heavy atom. The summed E-state index contributed by atoms with van der Waals surface area (Å²) >= 11 is 0. The number of rotatable bonds is 44. The lowest BCUT2D eigenvalue weighted by Crippen LogP contribution is -2.36. The van der Waals surface area contributed by atoms with E-state index in [0.29, 0.717) is 12.8 Å². The van der Waals surface area contributed by atoms with Crippen LogP contribution >= 0.6 is 15.6 Å². The van der Waals surface area contributed by atoms with Crippen LogP contribution in [0.5, 0.6) is 0 Å². The van der Waals surface area contributed by atoms with Gasteiger partial charge in [-0.1, -0.05) is 180 Å². The minimum atomic E-state index is -5.43. The molecule has 71 heavy (non-hydrogen) atoms. The minimum absolute atomic E-state index is 0.0350. The first kappa shape index (κ1) is 64.4. The van der Waals surface area contributed by atoms with Gasteiger partial charge in [-0.3, -0.25) is 23.2 Å². The highest BCUT2D eigenvalue weighted by atomic mass is 31.3. The maximum Gasteiger partial charge on any atom is 0.481 e. The summed E-state index contributed by atoms with van der Waals surface area (Å²) in [4.78, 5) is 62.0. The fourth-order valence-corrected chi connectivity index (χ4v) is 10.2. The van der Waals surface area contributed by atoms with E-state index in [1.165, 1.54) is 109 Å². The molecule has 0 saturated carbocycles. The van der Waals surface area contributed by atoms with Crippen LogP contribution in [0.15, 0.2) is 41.4 Å². The summed E-state index contributed by atoms with van der Waals surface area (Å²) in [5.41, 5.74) is 4.59. The van der Waals surface area contributed by atoms with Crippen molar-refractivity contribution in [3.8, 4) is 0 Å². The van der Waals surface area contributed by atoms with Crippen molar-refractivity contribution in [3.05, 3.63) is 47.1 Å². The number of nitrogens with zero attached hydrogens (tertiary/aromatic N) is 2. The number of aliphatic hydroxyl groups excluding tert-OH is 2. The molecular formula is C51H91N3O15P2. The molecule has 0 bridgehead atoms. The number of carbonyl (C=O) groups excluding carboxylic acids is 2. The number of anilines is 1. The van der Waals surface area contributed by atoms with Crippen molar-refractivity contribution in [1.82, 2.24) is 9.55 Å². The molecule has 6 N–H and O–H groups in total. The molecule has 20 heteroatoms. The number of aliphatic hydroxyl groups is 2. The molecule has 2 rings (SSSR count). The lowest BCUT2D eigenvalue weighted by molar-refractivity contribution is -0.161. The molecular weight excluding hydrogens is 957 g/mol. The van der Waals surface area contributed by atoms with Gasteiger partial charge in [-0.15, -0.1) is 0 Å². The third-order valence-corrected chi connectivity index (χ3v) is 14.8. The Hall–Kier alpha value is -2.76. The fourth-order valence-electron chi connectivity index (χ4n) is 8.08. The number of phosphoric acid groups is 2. The minimum Gasteiger partial charge on any atom is -0.462 e. The maximum atomic E-state index is 12.9. The summed E-state index contributed by atoms with van der Waals surface area (Å²) < 4.78 is 56.9. The van der Waals surface area contributed by atoms with Gasteiger partial charge < -0.3 is 39.9 Å². The van der Waals surface area contributed by atoms with Gasteiger partial charge in [-0.05, 0) is 50.5 Å². The Balaban J connectivity index is 1.78. The number of nitrogen functional groups attached to an aromatic ring is 1. The molecule has 0 aliphatic carbocycles. The van der Waals surface area contributed by atoms with Crippen LogP contribution in [0.2, 0.25) is 0 Å². The summed E-state index contributed by atoms with van der Waals surface area (Å²) in [6.45, 7) is 4.48. The van der Waals surface area contributed by atoms with E-state index in [-0.39, 0.29) is 18.7 Å². The molecule has 410 valence electrons. The van der Waals surface area contributed by atoms with E-state index in [9.17, 15) is 43.5 Å². The quantitative estimate of drug-likeness (QED) is 0.0176. The van der Waals surface area contributed by atoms with E-state index in [1.54, 1.807) is 0 Å². The van der Waals surface area contributed by atoms with Crippen LogP contribution in [0.25, 0.3) is 0 Å². The van der Waals surface area contributed by atoms with Crippen molar-refractivity contribution in [2.75, 3.05) is 25.6 Å². The predicted molar refractivity (Wildman–Crippen MR) is 275 cm³/mol. The van der Waals surface area contributed by atoms with Gasteiger partial charge in [0.05, 0.1) is 13.2 Å². The largest absolute Gasteiger partial charge is 0.481 e. The molecule has 0 aromatic carbocycles. The average Bonchev–Trinajstić information content (AvgIpc) is 3.59. The van der Waals surface area contributed by atoms with E-state index in [4.69, 9.17) is 29.0 Å². The molecule has 1 aromatic rings. The van der Waals surface area contributed by atoms with Crippen molar-refractivity contribution < 1.29 is 66.3 Å². The number of aromatic nitrogens is 2. The summed E-state index contributed by atoms with van der Waals surface area (Å²) in [6, 6.07) is 1.25. The number of allylic oxidation sites excluding steroid dienone is 4. The molecule has 0 amide bonds. The van der Waals surface area contributed by atoms with Gasteiger partial charge >= 0.3 is 33.3 Å². The monoisotopic (exact) mass is 1050 g/mol. The number of ether oxygens (including phenoxy) is 3. The second-order valence-electron chi connectivity index (χ2n) is 19.2. The summed E-state index contributed by atoms with van der Waals surface area (Å²) in [6.07, 6.45) is 32.5. The van der Waals surface area contributed by atoms with Crippen LogP contribution in [0, 0.1) is 5.92 Å². The van der Waals surface area contributed by atoms with Crippen molar-refractivity contribution in [2.24, 2.45) is 5.92 Å². The number of unbranched alkanes of at least 4 members (excludes halogenated alkanes) is 23. The average molecular weight is 1050 g/mol. The van der Waals surface area contributed by atoms with Gasteiger partial charge in [-0.25, -0.2) is 13.9 Å². The van der Waals surface area contributed by atoms with Crippen LogP contribution in [0.1, 0.15) is 213 Å². The molecule has 3 unspecified atom stereocenters. The van der Waals surface area contributed by atoms with E-state index in [0.717, 1.165) is 74.7 Å². The number of esters is 2. The van der Waals surface area contributed by atoms with Gasteiger partial charge in [0.2, 0.25) is 0 Å². The second-order valence-corrected chi connectivity index (χ2v) is 22.3. The highest BCUT2D eigenvalue weighted by Gasteiger charge is 2.46. The Bertz CT molecular complexity index is 1800. The Morgan fingerprint density at radius 3 is 1.75 bits per heavy atom. The number of hydrogen-bond acceptors (Lipinski definition) is 15. The van der Waals surface area contributed by atoms with Gasteiger partial charge in [-0.2, -0.15) is 9.29 Å². The standard InChI is InChI=1S/C51H91N3O15P2/c1-4-5-6-7-8-9-10-11-13-18-21-24-27-30-33-36-47(56)67-43(39-64-46(55)35-32-29-26-23-20-17-15-12-14-16-19-22-25-28-31-34-42(2)3)40-65-70(60,61)69-71(62,63)66-41-44-48(57)49(58)50(68-44)54-38-37-45(52)53-51(54)59/h9-11,13,37-38,42-44,48-50,57-58H,4-8,12,14-36,39-41H2,1-3H3,(H,60,61)(H,62,63)(H2,52,53,59)/b10-9-,13-11-/t43-,44-,48+,49?,50-/m1/s1. The lowest BCUT2D eigenvalue weighted by Gasteiger charge is -2.21. The van der Waals surface area contributed by atoms with Crippen molar-refractivity contribution in [2.45, 2.75) is 238 Å². The lowest BCUT2D eigenvalue weighted by atomic mass is 10.0. The molecule has 1 fully saturated rings. The fraction of sp³-hybridized carbons (Fsp3) is 0.804. The van der Waals surface area contributed by atoms with Gasteiger partial charge in [0.25, 0.3) is 0 Å². The first-order chi connectivity index (χ1) is 34.0. The van der Waals surface area contributed by atoms with Crippen molar-refractivity contribution >= 4 is 33.4 Å². The first-order valence-electron chi connectivity index (χ1n) is 26.7. The number of phosphoric ester groups is 2. The van der Waals surface area contributed by atoms with E-state index >= 15 is 0 Å². The van der Waals surface area contributed by atoms with E-state index in [1.807, 2.05) is 0 Å². The first-order valence-corrected chi connectivity index (χ1v) is 29.7. The van der Waals surface area contributed by atoms with E-state index < -0.39 is 83.7 Å². The van der Waals surface area contributed by atoms with Crippen LogP contribution < -0.4 is 11.4 Å². The van der Waals surface area contributed by atoms with Gasteiger partial charge in [0, 0.05) is 19.0 Å². The second kappa shape index (κ2) is 38.8. The van der Waals surface area contributed by atoms with Crippen LogP contribution in [0.4, 0.5) is 5.82 Å². The zero-order valence-electron chi connectivity index (χ0n) is 43.2. The highest BCUT2D eigenvalue weighted by molar-refractivity contribution is 7.61. The zero-order valence-corrected chi connectivity index (χ0v) is 45.0. The summed E-state index contributed by atoms with van der Waals surface area (Å²) in [5, 5.41) is 20.9.